The molecule has 0 spiro atoms. The zero-order valence-corrected chi connectivity index (χ0v) is 16.9. The van der Waals surface area contributed by atoms with Crippen molar-refractivity contribution in [1.29, 1.82) is 0 Å². The van der Waals surface area contributed by atoms with Crippen LogP contribution in [-0.4, -0.2) is 115 Å². The van der Waals surface area contributed by atoms with E-state index >= 15 is 0 Å². The topological polar surface area (TPSA) is 180 Å². The molecule has 0 radical (unpaired) electrons. The summed E-state index contributed by atoms with van der Waals surface area (Å²) in [5.74, 6) is 10.9. The molecule has 2 aliphatic rings. The van der Waals surface area contributed by atoms with Gasteiger partial charge in [-0.1, -0.05) is 29.7 Å². The van der Waals surface area contributed by atoms with Gasteiger partial charge in [0.05, 0.1) is 13.2 Å². The Balaban J connectivity index is 1.74. The van der Waals surface area contributed by atoms with Crippen LogP contribution in [0.2, 0.25) is 0 Å². The van der Waals surface area contributed by atoms with E-state index < -0.39 is 74.3 Å². The Labute approximate surface area is 184 Å². The van der Waals surface area contributed by atoms with Crippen LogP contribution < -0.4 is 0 Å². The van der Waals surface area contributed by atoms with E-state index in [0.717, 1.165) is 0 Å². The first-order valence-electron chi connectivity index (χ1n) is 10.0. The van der Waals surface area contributed by atoms with Gasteiger partial charge in [0.2, 0.25) is 0 Å². The minimum absolute atomic E-state index is 0.488. The summed E-state index contributed by atoms with van der Waals surface area (Å²) < 4.78 is 10.7. The zero-order chi connectivity index (χ0) is 23.4. The molecule has 10 heteroatoms. The van der Waals surface area contributed by atoms with Crippen LogP contribution in [0.25, 0.3) is 0 Å². The summed E-state index contributed by atoms with van der Waals surface area (Å²) in [7, 11) is 0. The average Bonchev–Trinajstić information content (AvgIpc) is 2.80. The Kier molecular flexibility index (Phi) is 8.22. The lowest BCUT2D eigenvalue weighted by Gasteiger charge is -2.37. The SMILES string of the molecule is OCC1OC(C#Cc2cccc(C#CC3OC(CO)C(O)C(O)C3O)c2)C(O)C(O)C1O. The fourth-order valence-electron chi connectivity index (χ4n) is 3.43. The van der Waals surface area contributed by atoms with Crippen molar-refractivity contribution in [2.45, 2.75) is 61.0 Å². The van der Waals surface area contributed by atoms with Crippen molar-refractivity contribution >= 4 is 0 Å². The van der Waals surface area contributed by atoms with Crippen molar-refractivity contribution in [3.8, 4) is 23.7 Å². The molecule has 2 saturated heterocycles. The average molecular weight is 450 g/mol. The fraction of sp³-hybridized carbons (Fsp3) is 0.545. The van der Waals surface area contributed by atoms with Crippen molar-refractivity contribution in [3.05, 3.63) is 35.4 Å². The standard InChI is InChI=1S/C22H26O10/c23-9-15-19(27)21(29)17(25)13(31-15)6-4-11-2-1-3-12(8-11)5-7-14-18(26)22(30)20(28)16(10-24)32-14/h1-3,8,13-30H,9-10H2. The van der Waals surface area contributed by atoms with E-state index in [1.807, 2.05) is 0 Å². The van der Waals surface area contributed by atoms with Gasteiger partial charge in [-0.25, -0.2) is 0 Å². The fourth-order valence-corrected chi connectivity index (χ4v) is 3.43. The van der Waals surface area contributed by atoms with Crippen LogP contribution in [0.4, 0.5) is 0 Å². The highest BCUT2D eigenvalue weighted by Crippen LogP contribution is 2.22. The van der Waals surface area contributed by atoms with E-state index in [2.05, 4.69) is 23.7 Å². The third kappa shape index (κ3) is 5.29. The summed E-state index contributed by atoms with van der Waals surface area (Å²) >= 11 is 0. The molecule has 8 N–H and O–H groups in total. The molecular formula is C22H26O10. The minimum atomic E-state index is -1.52. The predicted molar refractivity (Wildman–Crippen MR) is 108 cm³/mol. The molecule has 1 aromatic rings. The molecule has 174 valence electrons. The highest BCUT2D eigenvalue weighted by atomic mass is 16.5. The van der Waals surface area contributed by atoms with E-state index in [0.29, 0.717) is 11.1 Å². The summed E-state index contributed by atoms with van der Waals surface area (Å²) in [6.07, 6.45) is -13.3. The van der Waals surface area contributed by atoms with Crippen molar-refractivity contribution in [2.24, 2.45) is 0 Å². The second-order valence-corrected chi connectivity index (χ2v) is 7.62. The molecule has 3 rings (SSSR count). The summed E-state index contributed by atoms with van der Waals surface area (Å²) in [5.41, 5.74) is 0.977. The lowest BCUT2D eigenvalue weighted by Crippen LogP contribution is -2.58. The molecule has 10 nitrogen and oxygen atoms in total. The van der Waals surface area contributed by atoms with Crippen LogP contribution in [0, 0.1) is 23.7 Å². The molecule has 2 heterocycles. The summed E-state index contributed by atoms with van der Waals surface area (Å²) in [5, 5.41) is 77.9. The molecule has 10 atom stereocenters. The third-order valence-electron chi connectivity index (χ3n) is 5.36. The van der Waals surface area contributed by atoms with E-state index in [1.165, 1.54) is 0 Å². The van der Waals surface area contributed by atoms with Crippen molar-refractivity contribution < 1.29 is 50.3 Å². The van der Waals surface area contributed by atoms with Crippen LogP contribution in [0.3, 0.4) is 0 Å². The molecule has 0 amide bonds. The molecule has 0 aromatic heterocycles. The van der Waals surface area contributed by atoms with E-state index in [1.54, 1.807) is 24.3 Å². The summed E-state index contributed by atoms with van der Waals surface area (Å²) in [4.78, 5) is 0. The predicted octanol–water partition coefficient (Wildman–Crippen LogP) is -3.93. The lowest BCUT2D eigenvalue weighted by molar-refractivity contribution is -0.214. The largest absolute Gasteiger partial charge is 0.394 e. The van der Waals surface area contributed by atoms with Gasteiger partial charge in [-0.3, -0.25) is 0 Å². The minimum Gasteiger partial charge on any atom is -0.394 e. The highest BCUT2D eigenvalue weighted by molar-refractivity contribution is 5.44. The smallest absolute Gasteiger partial charge is 0.147 e. The Morgan fingerprint density at radius 2 is 1.03 bits per heavy atom. The van der Waals surface area contributed by atoms with Gasteiger partial charge < -0.3 is 50.3 Å². The van der Waals surface area contributed by atoms with Crippen LogP contribution in [0.1, 0.15) is 11.1 Å². The first-order valence-corrected chi connectivity index (χ1v) is 10.0. The third-order valence-corrected chi connectivity index (χ3v) is 5.36. The Bertz CT molecular complexity index is 826. The number of ether oxygens (including phenoxy) is 2. The van der Waals surface area contributed by atoms with E-state index in [-0.39, 0.29) is 0 Å². The Morgan fingerprint density at radius 3 is 1.41 bits per heavy atom. The van der Waals surface area contributed by atoms with Gasteiger partial charge in [-0.05, 0) is 18.2 Å². The number of hydrogen-bond acceptors (Lipinski definition) is 10. The van der Waals surface area contributed by atoms with Gasteiger partial charge >= 0.3 is 0 Å². The van der Waals surface area contributed by atoms with Gasteiger partial charge in [0.15, 0.2) is 0 Å². The molecule has 32 heavy (non-hydrogen) atoms. The van der Waals surface area contributed by atoms with Gasteiger partial charge in [0.1, 0.15) is 61.0 Å². The maximum absolute atomic E-state index is 10.1. The van der Waals surface area contributed by atoms with Gasteiger partial charge in [0.25, 0.3) is 0 Å². The first kappa shape index (κ1) is 24.6. The van der Waals surface area contributed by atoms with Crippen LogP contribution in [-0.2, 0) is 9.47 Å². The summed E-state index contributed by atoms with van der Waals surface area (Å²) in [6.45, 7) is -1.10. The lowest BCUT2D eigenvalue weighted by atomic mass is 9.95. The molecule has 1 aromatic carbocycles. The normalized spacial score (nSPS) is 39.4. The van der Waals surface area contributed by atoms with Crippen LogP contribution >= 0.6 is 0 Å². The molecule has 2 aliphatic heterocycles. The monoisotopic (exact) mass is 450 g/mol. The number of benzene rings is 1. The van der Waals surface area contributed by atoms with Crippen molar-refractivity contribution in [3.63, 3.8) is 0 Å². The van der Waals surface area contributed by atoms with Crippen molar-refractivity contribution in [1.82, 2.24) is 0 Å². The maximum atomic E-state index is 10.1. The van der Waals surface area contributed by atoms with Crippen molar-refractivity contribution in [2.75, 3.05) is 13.2 Å². The van der Waals surface area contributed by atoms with E-state index in [9.17, 15) is 40.9 Å². The molecule has 2 fully saturated rings. The molecule has 0 bridgehead atoms. The number of aliphatic hydroxyl groups excluding tert-OH is 8. The van der Waals surface area contributed by atoms with Crippen LogP contribution in [0.5, 0.6) is 0 Å². The van der Waals surface area contributed by atoms with Gasteiger partial charge in [-0.15, -0.1) is 0 Å². The van der Waals surface area contributed by atoms with Gasteiger partial charge in [0, 0.05) is 11.1 Å². The zero-order valence-electron chi connectivity index (χ0n) is 16.9. The molecular weight excluding hydrogens is 424 g/mol. The second kappa shape index (κ2) is 10.7. The van der Waals surface area contributed by atoms with Crippen LogP contribution in [0.15, 0.2) is 24.3 Å². The Hall–Kier alpha value is -2.06. The molecule has 10 unspecified atom stereocenters. The molecule has 0 aliphatic carbocycles. The van der Waals surface area contributed by atoms with Gasteiger partial charge in [-0.2, -0.15) is 0 Å². The second-order valence-electron chi connectivity index (χ2n) is 7.62. The number of hydrogen-bond donors (Lipinski definition) is 8. The van der Waals surface area contributed by atoms with E-state index in [4.69, 9.17) is 9.47 Å². The molecule has 0 saturated carbocycles. The number of aliphatic hydroxyl groups is 8. The first-order chi connectivity index (χ1) is 15.3. The highest BCUT2D eigenvalue weighted by Gasteiger charge is 2.43. The number of rotatable bonds is 2. The Morgan fingerprint density at radius 1 is 0.625 bits per heavy atom. The summed E-state index contributed by atoms with van der Waals surface area (Å²) in [6, 6.07) is 6.59. The maximum Gasteiger partial charge on any atom is 0.147 e. The quantitative estimate of drug-likeness (QED) is 0.207.